The van der Waals surface area contributed by atoms with E-state index < -0.39 is 23.2 Å². The molecule has 6 nitrogen and oxygen atoms in total. The van der Waals surface area contributed by atoms with Gasteiger partial charge in [0.1, 0.15) is 11.4 Å². The minimum Gasteiger partial charge on any atom is -0.469 e. The van der Waals surface area contributed by atoms with Crippen molar-refractivity contribution in [2.75, 3.05) is 20.0 Å². The van der Waals surface area contributed by atoms with E-state index in [4.69, 9.17) is 9.47 Å². The molecule has 0 spiro atoms. The maximum Gasteiger partial charge on any atom is 0.338 e. The summed E-state index contributed by atoms with van der Waals surface area (Å²) in [7, 11) is 2.53. The Hall–Kier alpha value is -2.02. The van der Waals surface area contributed by atoms with Gasteiger partial charge in [0.05, 0.1) is 26.2 Å². The van der Waals surface area contributed by atoms with Crippen molar-refractivity contribution in [1.82, 2.24) is 0 Å². The van der Waals surface area contributed by atoms with Crippen LogP contribution in [0.1, 0.15) is 30.1 Å². The van der Waals surface area contributed by atoms with Gasteiger partial charge in [-0.2, -0.15) is 0 Å². The molecule has 24 heavy (non-hydrogen) atoms. The van der Waals surface area contributed by atoms with E-state index in [1.807, 2.05) is 13.0 Å². The van der Waals surface area contributed by atoms with Crippen LogP contribution in [0.4, 0.5) is 0 Å². The Morgan fingerprint density at radius 3 is 2.29 bits per heavy atom. The highest BCUT2D eigenvalue weighted by atomic mass is 32.2. The molecule has 0 radical (unpaired) electrons. The van der Waals surface area contributed by atoms with Crippen LogP contribution in [0.5, 0.6) is 0 Å². The molecule has 132 valence electrons. The summed E-state index contributed by atoms with van der Waals surface area (Å²) in [6, 6.07) is 8.69. The van der Waals surface area contributed by atoms with E-state index in [1.54, 1.807) is 24.3 Å². The van der Waals surface area contributed by atoms with Crippen LogP contribution in [0.2, 0.25) is 0 Å². The molecule has 0 aromatic heterocycles. The van der Waals surface area contributed by atoms with Crippen LogP contribution in [0.3, 0.4) is 0 Å². The first-order valence-corrected chi connectivity index (χ1v) is 8.58. The summed E-state index contributed by atoms with van der Waals surface area (Å²) in [4.78, 5) is 35.2. The largest absolute Gasteiger partial charge is 0.469 e. The SMILES string of the molecule is CC[C@@H](CS[C@@H](CC(=O)OC)C(=O)OC)OC(=O)c1ccccc1. The molecule has 1 aromatic rings. The predicted molar refractivity (Wildman–Crippen MR) is 90.8 cm³/mol. The average molecular weight is 354 g/mol. The lowest BCUT2D eigenvalue weighted by Gasteiger charge is -2.19. The van der Waals surface area contributed by atoms with Crippen LogP contribution in [0.15, 0.2) is 30.3 Å². The van der Waals surface area contributed by atoms with Crippen molar-refractivity contribution in [2.45, 2.75) is 31.1 Å². The molecule has 0 aliphatic heterocycles. The van der Waals surface area contributed by atoms with E-state index in [2.05, 4.69) is 4.74 Å². The molecule has 0 saturated carbocycles. The van der Waals surface area contributed by atoms with Crippen molar-refractivity contribution in [3.8, 4) is 0 Å². The fourth-order valence-corrected chi connectivity index (χ4v) is 3.07. The molecule has 7 heteroatoms. The molecule has 2 atom stereocenters. The number of methoxy groups -OCH3 is 2. The Labute approximate surface area is 145 Å². The van der Waals surface area contributed by atoms with Gasteiger partial charge in [0, 0.05) is 5.75 Å². The average Bonchev–Trinajstić information content (AvgIpc) is 2.63. The first kappa shape index (κ1) is 20.0. The zero-order valence-electron chi connectivity index (χ0n) is 14.0. The number of rotatable bonds is 9. The third-order valence-corrected chi connectivity index (χ3v) is 4.59. The highest BCUT2D eigenvalue weighted by Gasteiger charge is 2.26. The van der Waals surface area contributed by atoms with Crippen molar-refractivity contribution in [2.24, 2.45) is 0 Å². The lowest BCUT2D eigenvalue weighted by atomic mass is 10.2. The van der Waals surface area contributed by atoms with E-state index in [1.165, 1.54) is 26.0 Å². The van der Waals surface area contributed by atoms with E-state index in [0.29, 0.717) is 17.7 Å². The standard InChI is InChI=1S/C17H22O6S/c1-4-13(23-16(19)12-8-6-5-7-9-12)11-24-14(17(20)22-3)10-15(18)21-2/h5-9,13-14H,4,10-11H2,1-3H3/t13-,14-/m0/s1. The molecular weight excluding hydrogens is 332 g/mol. The molecule has 0 aliphatic rings. The monoisotopic (exact) mass is 354 g/mol. The van der Waals surface area contributed by atoms with Crippen LogP contribution >= 0.6 is 11.8 Å². The quantitative estimate of drug-likeness (QED) is 0.498. The van der Waals surface area contributed by atoms with Gasteiger partial charge in [-0.1, -0.05) is 25.1 Å². The summed E-state index contributed by atoms with van der Waals surface area (Å²) in [6.45, 7) is 1.89. The Morgan fingerprint density at radius 1 is 1.08 bits per heavy atom. The van der Waals surface area contributed by atoms with E-state index >= 15 is 0 Å². The summed E-state index contributed by atoms with van der Waals surface area (Å²) < 4.78 is 14.7. The maximum atomic E-state index is 12.1. The minimum absolute atomic E-state index is 0.0864. The summed E-state index contributed by atoms with van der Waals surface area (Å²) >= 11 is 1.22. The van der Waals surface area contributed by atoms with Crippen molar-refractivity contribution >= 4 is 29.7 Å². The van der Waals surface area contributed by atoms with E-state index in [0.717, 1.165) is 0 Å². The first-order valence-electron chi connectivity index (χ1n) is 7.54. The zero-order chi connectivity index (χ0) is 17.9. The number of hydrogen-bond acceptors (Lipinski definition) is 7. The second kappa shape index (κ2) is 10.7. The fourth-order valence-electron chi connectivity index (χ4n) is 1.83. The van der Waals surface area contributed by atoms with Crippen molar-refractivity contribution in [3.05, 3.63) is 35.9 Å². The zero-order valence-corrected chi connectivity index (χ0v) is 14.8. The number of carbonyl (C=O) groups excluding carboxylic acids is 3. The van der Waals surface area contributed by atoms with Crippen LogP contribution in [0, 0.1) is 0 Å². The maximum absolute atomic E-state index is 12.1. The smallest absolute Gasteiger partial charge is 0.338 e. The molecule has 0 amide bonds. The topological polar surface area (TPSA) is 78.9 Å². The molecular formula is C17H22O6S. The Kier molecular flexibility index (Phi) is 8.93. The van der Waals surface area contributed by atoms with Gasteiger partial charge in [-0.15, -0.1) is 11.8 Å². The number of benzene rings is 1. The Balaban J connectivity index is 2.60. The summed E-state index contributed by atoms with van der Waals surface area (Å²) in [6.07, 6.45) is 0.140. The van der Waals surface area contributed by atoms with E-state index in [-0.39, 0.29) is 12.5 Å². The predicted octanol–water partition coefficient (Wildman–Crippen LogP) is 2.46. The van der Waals surface area contributed by atoms with Gasteiger partial charge in [0.2, 0.25) is 0 Å². The van der Waals surface area contributed by atoms with Gasteiger partial charge in [0.15, 0.2) is 0 Å². The van der Waals surface area contributed by atoms with Gasteiger partial charge in [-0.25, -0.2) is 4.79 Å². The molecule has 0 fully saturated rings. The molecule has 0 bridgehead atoms. The van der Waals surface area contributed by atoms with Gasteiger partial charge in [0.25, 0.3) is 0 Å². The molecule has 1 rings (SSSR count). The molecule has 0 aliphatic carbocycles. The third-order valence-electron chi connectivity index (χ3n) is 3.27. The summed E-state index contributed by atoms with van der Waals surface area (Å²) in [5, 5.41) is -0.688. The second-order valence-electron chi connectivity index (χ2n) is 4.93. The lowest BCUT2D eigenvalue weighted by Crippen LogP contribution is -2.27. The van der Waals surface area contributed by atoms with Crippen LogP contribution in [-0.4, -0.2) is 49.2 Å². The molecule has 0 unspecified atom stereocenters. The minimum atomic E-state index is -0.688. The van der Waals surface area contributed by atoms with Gasteiger partial charge >= 0.3 is 17.9 Å². The van der Waals surface area contributed by atoms with Crippen LogP contribution < -0.4 is 0 Å². The number of ether oxygens (including phenoxy) is 3. The van der Waals surface area contributed by atoms with Gasteiger partial charge < -0.3 is 14.2 Å². The molecule has 0 N–H and O–H groups in total. The van der Waals surface area contributed by atoms with Gasteiger partial charge in [-0.3, -0.25) is 9.59 Å². The number of thioether (sulfide) groups is 1. The third kappa shape index (κ3) is 6.62. The normalized spacial score (nSPS) is 12.8. The highest BCUT2D eigenvalue weighted by molar-refractivity contribution is 8.00. The fraction of sp³-hybridized carbons (Fsp3) is 0.471. The highest BCUT2D eigenvalue weighted by Crippen LogP contribution is 2.21. The van der Waals surface area contributed by atoms with Crippen LogP contribution in [0.25, 0.3) is 0 Å². The first-order chi connectivity index (χ1) is 11.5. The number of esters is 3. The second-order valence-corrected chi connectivity index (χ2v) is 6.16. The van der Waals surface area contributed by atoms with Crippen molar-refractivity contribution < 1.29 is 28.6 Å². The molecule has 1 aromatic carbocycles. The lowest BCUT2D eigenvalue weighted by molar-refractivity contribution is -0.146. The molecule has 0 heterocycles. The summed E-state index contributed by atoms with van der Waals surface area (Å²) in [5.74, 6) is -1.03. The van der Waals surface area contributed by atoms with Crippen molar-refractivity contribution in [3.63, 3.8) is 0 Å². The molecule has 0 saturated heterocycles. The van der Waals surface area contributed by atoms with Crippen molar-refractivity contribution in [1.29, 1.82) is 0 Å². The van der Waals surface area contributed by atoms with Gasteiger partial charge in [-0.05, 0) is 18.6 Å². The number of hydrogen-bond donors (Lipinski definition) is 0. The van der Waals surface area contributed by atoms with E-state index in [9.17, 15) is 14.4 Å². The Morgan fingerprint density at radius 2 is 1.75 bits per heavy atom. The van der Waals surface area contributed by atoms with Crippen LogP contribution in [-0.2, 0) is 23.8 Å². The Bertz CT molecular complexity index is 545. The summed E-state index contributed by atoms with van der Waals surface area (Å²) in [5.41, 5.74) is 0.472. The number of carbonyl (C=O) groups is 3.